The van der Waals surface area contributed by atoms with Crippen molar-refractivity contribution in [1.82, 2.24) is 0 Å². The number of ether oxygens (including phenoxy) is 1. The van der Waals surface area contributed by atoms with Gasteiger partial charge < -0.3 is 14.6 Å². The third-order valence-electron chi connectivity index (χ3n) is 5.31. The lowest BCUT2D eigenvalue weighted by Crippen LogP contribution is -2.58. The normalized spacial score (nSPS) is 32.0. The summed E-state index contributed by atoms with van der Waals surface area (Å²) >= 11 is 0. The average Bonchev–Trinajstić information content (AvgIpc) is 2.91. The van der Waals surface area contributed by atoms with Gasteiger partial charge in [-0.2, -0.15) is 5.26 Å². The number of aliphatic hydroxyl groups is 1. The van der Waals surface area contributed by atoms with Crippen molar-refractivity contribution in [2.24, 2.45) is 10.9 Å². The van der Waals surface area contributed by atoms with Gasteiger partial charge in [-0.15, -0.1) is 0 Å². The van der Waals surface area contributed by atoms with Crippen molar-refractivity contribution >= 4 is 17.8 Å². The van der Waals surface area contributed by atoms with Crippen molar-refractivity contribution in [2.45, 2.75) is 50.9 Å². The molecule has 0 spiro atoms. The van der Waals surface area contributed by atoms with Crippen LogP contribution in [0.2, 0.25) is 0 Å². The Balaban J connectivity index is 2.17. The van der Waals surface area contributed by atoms with Crippen LogP contribution in [0.5, 0.6) is 5.75 Å². The maximum atomic E-state index is 11.8. The van der Waals surface area contributed by atoms with Crippen molar-refractivity contribution in [1.29, 1.82) is 5.26 Å². The third kappa shape index (κ3) is 2.65. The predicted octanol–water partition coefficient (Wildman–Crippen LogP) is 2.14. The molecule has 0 saturated heterocycles. The van der Waals surface area contributed by atoms with Gasteiger partial charge in [0.05, 0.1) is 11.6 Å². The molecule has 0 radical (unpaired) electrons. The van der Waals surface area contributed by atoms with Crippen molar-refractivity contribution < 1.29 is 19.4 Å². The largest absolute Gasteiger partial charge is 0.484 e. The summed E-state index contributed by atoms with van der Waals surface area (Å²) in [7, 11) is 0. The topological polar surface area (TPSA) is 99.8 Å². The van der Waals surface area contributed by atoms with E-state index in [4.69, 9.17) is 4.74 Å². The quantitative estimate of drug-likeness (QED) is 0.657. The van der Waals surface area contributed by atoms with Crippen molar-refractivity contribution in [3.05, 3.63) is 29.3 Å². The van der Waals surface area contributed by atoms with Crippen LogP contribution in [0.1, 0.15) is 50.8 Å². The Morgan fingerprint density at radius 1 is 1.36 bits per heavy atom. The van der Waals surface area contributed by atoms with Crippen LogP contribution >= 0.6 is 0 Å². The van der Waals surface area contributed by atoms with Crippen LogP contribution in [0.25, 0.3) is 0 Å². The maximum absolute atomic E-state index is 11.8. The number of ketones is 1. The van der Waals surface area contributed by atoms with E-state index in [9.17, 15) is 20.0 Å². The fraction of sp³-hybridized carbons (Fsp3) is 0.474. The fourth-order valence-electron chi connectivity index (χ4n) is 3.34. The number of rotatable bonds is 2. The van der Waals surface area contributed by atoms with Crippen LogP contribution in [0.15, 0.2) is 23.2 Å². The zero-order chi connectivity index (χ0) is 18.4. The molecule has 1 saturated carbocycles. The first kappa shape index (κ1) is 17.3. The first-order valence-corrected chi connectivity index (χ1v) is 8.21. The summed E-state index contributed by atoms with van der Waals surface area (Å²) in [5.41, 5.74) is -0.837. The summed E-state index contributed by atoms with van der Waals surface area (Å²) in [6.07, 6.45) is 1.30. The molecule has 6 heteroatoms. The molecule has 1 heterocycles. The minimum Gasteiger partial charge on any atom is -0.484 e. The second-order valence-corrected chi connectivity index (χ2v) is 7.23. The highest BCUT2D eigenvalue weighted by Crippen LogP contribution is 2.48. The number of carbonyl (C=O) groups is 2. The minimum absolute atomic E-state index is 0.147. The Labute approximate surface area is 146 Å². The molecule has 1 N–H and O–H groups in total. The SMILES string of the molecule is CC1(C)Oc2ccc(C#N)cc2C(N=C2CCC(=O)C2C=O)C1(C)O. The summed E-state index contributed by atoms with van der Waals surface area (Å²) in [5.74, 6) is -0.452. The van der Waals surface area contributed by atoms with Gasteiger partial charge in [-0.05, 0) is 45.4 Å². The summed E-state index contributed by atoms with van der Waals surface area (Å²) in [6, 6.07) is 6.31. The van der Waals surface area contributed by atoms with Gasteiger partial charge in [0.2, 0.25) is 0 Å². The Hall–Kier alpha value is -2.52. The molecule has 130 valence electrons. The van der Waals surface area contributed by atoms with Crippen molar-refractivity contribution in [3.8, 4) is 11.8 Å². The molecule has 3 unspecified atom stereocenters. The molecule has 1 fully saturated rings. The van der Waals surface area contributed by atoms with E-state index < -0.39 is 23.2 Å². The van der Waals surface area contributed by atoms with E-state index in [1.807, 2.05) is 0 Å². The summed E-state index contributed by atoms with van der Waals surface area (Å²) < 4.78 is 5.94. The zero-order valence-electron chi connectivity index (χ0n) is 14.4. The van der Waals surface area contributed by atoms with E-state index in [1.165, 1.54) is 0 Å². The molecule has 3 rings (SSSR count). The fourth-order valence-corrected chi connectivity index (χ4v) is 3.34. The zero-order valence-corrected chi connectivity index (χ0v) is 14.4. The monoisotopic (exact) mass is 340 g/mol. The van der Waals surface area contributed by atoms with Crippen LogP contribution in [0.4, 0.5) is 0 Å². The van der Waals surface area contributed by atoms with Gasteiger partial charge in [-0.3, -0.25) is 9.79 Å². The second-order valence-electron chi connectivity index (χ2n) is 7.23. The Bertz CT molecular complexity index is 817. The molecule has 25 heavy (non-hydrogen) atoms. The minimum atomic E-state index is -1.39. The van der Waals surface area contributed by atoms with Gasteiger partial charge in [0.15, 0.2) is 0 Å². The summed E-state index contributed by atoms with van der Waals surface area (Å²) in [5, 5.41) is 20.3. The molecule has 1 aromatic rings. The van der Waals surface area contributed by atoms with Gasteiger partial charge >= 0.3 is 0 Å². The lowest BCUT2D eigenvalue weighted by molar-refractivity contribution is -0.132. The molecule has 3 atom stereocenters. The molecule has 6 nitrogen and oxygen atoms in total. The number of benzene rings is 1. The highest BCUT2D eigenvalue weighted by atomic mass is 16.5. The first-order valence-electron chi connectivity index (χ1n) is 8.21. The second kappa shape index (κ2) is 5.78. The van der Waals surface area contributed by atoms with E-state index in [0.717, 1.165) is 0 Å². The number of fused-ring (bicyclic) bond motifs is 1. The first-order chi connectivity index (χ1) is 11.7. The summed E-state index contributed by atoms with van der Waals surface area (Å²) in [6.45, 7) is 5.15. The third-order valence-corrected chi connectivity index (χ3v) is 5.31. The lowest BCUT2D eigenvalue weighted by atomic mass is 9.75. The van der Waals surface area contributed by atoms with E-state index in [2.05, 4.69) is 11.1 Å². The van der Waals surface area contributed by atoms with Gasteiger partial charge in [0, 0.05) is 17.7 Å². The van der Waals surface area contributed by atoms with Gasteiger partial charge in [-0.25, -0.2) is 0 Å². The number of hydrogen-bond donors (Lipinski definition) is 1. The number of carbonyl (C=O) groups excluding carboxylic acids is 2. The van der Waals surface area contributed by atoms with Crippen molar-refractivity contribution in [2.75, 3.05) is 0 Å². The van der Waals surface area contributed by atoms with Crippen LogP contribution in [-0.2, 0) is 9.59 Å². The van der Waals surface area contributed by atoms with E-state index in [-0.39, 0.29) is 12.2 Å². The molecule has 1 aliphatic carbocycles. The van der Waals surface area contributed by atoms with Crippen LogP contribution < -0.4 is 4.74 Å². The number of aldehydes is 1. The van der Waals surface area contributed by atoms with Gasteiger partial charge in [0.1, 0.15) is 41.0 Å². The van der Waals surface area contributed by atoms with Gasteiger partial charge in [0.25, 0.3) is 0 Å². The smallest absolute Gasteiger partial charge is 0.149 e. The molecule has 0 amide bonds. The molecule has 0 aromatic heterocycles. The molecule has 0 bridgehead atoms. The molecular formula is C19H20N2O4. The number of hydrogen-bond acceptors (Lipinski definition) is 6. The van der Waals surface area contributed by atoms with Crippen LogP contribution in [0.3, 0.4) is 0 Å². The van der Waals surface area contributed by atoms with Crippen LogP contribution in [-0.4, -0.2) is 34.1 Å². The Morgan fingerprint density at radius 3 is 2.72 bits per heavy atom. The molecule has 1 aliphatic heterocycles. The maximum Gasteiger partial charge on any atom is 0.149 e. The highest BCUT2D eigenvalue weighted by Gasteiger charge is 2.53. The van der Waals surface area contributed by atoms with E-state index in [1.54, 1.807) is 39.0 Å². The lowest BCUT2D eigenvalue weighted by Gasteiger charge is -2.48. The Morgan fingerprint density at radius 2 is 2.08 bits per heavy atom. The molecule has 1 aromatic carbocycles. The number of aliphatic imine (C=N–C) groups is 1. The average molecular weight is 340 g/mol. The number of nitriles is 1. The predicted molar refractivity (Wildman–Crippen MR) is 90.5 cm³/mol. The standard InChI is InChI=1S/C19H20N2O4/c1-18(2)19(3,24)17(21-14-5-6-15(23)13(14)10-22)12-8-11(9-20)4-7-16(12)25-18/h4,7-8,10,13,17,24H,5-6H2,1-3H3. The van der Waals surface area contributed by atoms with Gasteiger partial charge in [-0.1, -0.05) is 0 Å². The Kier molecular flexibility index (Phi) is 4.00. The highest BCUT2D eigenvalue weighted by molar-refractivity contribution is 6.20. The molecular weight excluding hydrogens is 320 g/mol. The summed E-state index contributed by atoms with van der Waals surface area (Å²) in [4.78, 5) is 27.8. The number of Topliss-reactive ketones (excluding diaryl/α,β-unsaturated/α-hetero) is 1. The van der Waals surface area contributed by atoms with Crippen molar-refractivity contribution in [3.63, 3.8) is 0 Å². The van der Waals surface area contributed by atoms with E-state index >= 15 is 0 Å². The van der Waals surface area contributed by atoms with Crippen LogP contribution in [0, 0.1) is 17.2 Å². The van der Waals surface area contributed by atoms with E-state index in [0.29, 0.717) is 35.3 Å². The number of nitrogens with zero attached hydrogens (tertiary/aromatic N) is 2. The molecule has 2 aliphatic rings.